The maximum absolute atomic E-state index is 11.6. The summed E-state index contributed by atoms with van der Waals surface area (Å²) in [4.78, 5) is 17.7. The van der Waals surface area contributed by atoms with Gasteiger partial charge in [0.2, 0.25) is 0 Å². The van der Waals surface area contributed by atoms with E-state index in [1.54, 1.807) is 17.5 Å². The summed E-state index contributed by atoms with van der Waals surface area (Å²) >= 11 is 1.66. The SMILES string of the molecule is Cc1sc2c(c1C)C(c1ccc(CC/C=C\N)cc1)=N[C@@H](CC(=O)O)c1nnc(C)n1-2. The zero-order valence-corrected chi connectivity index (χ0v) is 18.6. The van der Waals surface area contributed by atoms with Crippen LogP contribution >= 0.6 is 11.3 Å². The number of rotatable bonds is 6. The van der Waals surface area contributed by atoms with Gasteiger partial charge < -0.3 is 10.8 Å². The molecule has 2 aromatic heterocycles. The van der Waals surface area contributed by atoms with Crippen molar-refractivity contribution in [3.63, 3.8) is 0 Å². The van der Waals surface area contributed by atoms with Gasteiger partial charge in [-0.15, -0.1) is 21.5 Å². The average Bonchev–Trinajstić information content (AvgIpc) is 3.21. The molecule has 3 heterocycles. The molecule has 1 aliphatic rings. The molecule has 0 saturated heterocycles. The smallest absolute Gasteiger partial charge is 0.306 e. The van der Waals surface area contributed by atoms with E-state index in [9.17, 15) is 9.90 Å². The standard InChI is InChI=1S/C23H25N5O2S/c1-13-14(2)31-23-20(13)21(17-9-7-16(8-10-17)6-4-5-11-24)25-18(12-19(29)30)22-27-26-15(3)28(22)23/h5,7-11,18H,4,6,12,24H2,1-3H3,(H,29,30)/b11-5-/t18-/m0/s1. The number of carboxylic acid groups (broad SMARTS) is 1. The molecule has 1 atom stereocenters. The van der Waals surface area contributed by atoms with E-state index in [4.69, 9.17) is 10.7 Å². The zero-order chi connectivity index (χ0) is 22.1. The summed E-state index contributed by atoms with van der Waals surface area (Å²) in [5.41, 5.74) is 10.6. The number of carbonyl (C=O) groups is 1. The van der Waals surface area contributed by atoms with Crippen LogP contribution in [-0.4, -0.2) is 31.6 Å². The number of aryl methyl sites for hydroxylation is 3. The molecule has 3 N–H and O–H groups in total. The van der Waals surface area contributed by atoms with Crippen LogP contribution in [0.3, 0.4) is 0 Å². The maximum atomic E-state index is 11.6. The van der Waals surface area contributed by atoms with Crippen molar-refractivity contribution in [2.45, 2.75) is 46.1 Å². The Bertz CT molecular complexity index is 1190. The van der Waals surface area contributed by atoms with Crippen LogP contribution in [0, 0.1) is 20.8 Å². The van der Waals surface area contributed by atoms with Gasteiger partial charge in [0.15, 0.2) is 5.82 Å². The van der Waals surface area contributed by atoms with Gasteiger partial charge in [-0.2, -0.15) is 0 Å². The molecule has 0 unspecified atom stereocenters. The number of fused-ring (bicyclic) bond motifs is 3. The summed E-state index contributed by atoms with van der Waals surface area (Å²) in [6, 6.07) is 7.71. The number of nitrogens with zero attached hydrogens (tertiary/aromatic N) is 4. The lowest BCUT2D eigenvalue weighted by Crippen LogP contribution is -2.10. The van der Waals surface area contributed by atoms with Gasteiger partial charge >= 0.3 is 5.97 Å². The summed E-state index contributed by atoms with van der Waals surface area (Å²) in [6.45, 7) is 6.07. The maximum Gasteiger partial charge on any atom is 0.306 e. The number of hydrogen-bond donors (Lipinski definition) is 2. The summed E-state index contributed by atoms with van der Waals surface area (Å²) in [5, 5.41) is 19.0. The van der Waals surface area contributed by atoms with Crippen molar-refractivity contribution in [2.75, 3.05) is 0 Å². The number of aromatic nitrogens is 3. The fourth-order valence-electron chi connectivity index (χ4n) is 3.87. The fraction of sp³-hybridized carbons (Fsp3) is 0.304. The van der Waals surface area contributed by atoms with E-state index in [0.717, 1.165) is 46.1 Å². The monoisotopic (exact) mass is 435 g/mol. The number of benzene rings is 1. The van der Waals surface area contributed by atoms with E-state index in [0.29, 0.717) is 5.82 Å². The van der Waals surface area contributed by atoms with E-state index in [1.165, 1.54) is 10.4 Å². The highest BCUT2D eigenvalue weighted by molar-refractivity contribution is 7.15. The number of carboxylic acids is 1. The summed E-state index contributed by atoms with van der Waals surface area (Å²) in [5.74, 6) is 0.386. The molecule has 0 saturated carbocycles. The molecule has 3 aromatic rings. The van der Waals surface area contributed by atoms with Gasteiger partial charge in [-0.25, -0.2) is 0 Å². The topological polar surface area (TPSA) is 106 Å². The van der Waals surface area contributed by atoms with Crippen molar-refractivity contribution in [2.24, 2.45) is 10.7 Å². The molecular formula is C23H25N5O2S. The Morgan fingerprint density at radius 3 is 2.65 bits per heavy atom. The third-order valence-electron chi connectivity index (χ3n) is 5.57. The van der Waals surface area contributed by atoms with Crippen LogP contribution in [0.5, 0.6) is 0 Å². The molecule has 160 valence electrons. The highest BCUT2D eigenvalue weighted by atomic mass is 32.1. The molecule has 0 bridgehead atoms. The third-order valence-corrected chi connectivity index (χ3v) is 6.76. The van der Waals surface area contributed by atoms with E-state index >= 15 is 0 Å². The Labute approximate surface area is 185 Å². The van der Waals surface area contributed by atoms with Crippen LogP contribution in [0.1, 0.15) is 57.7 Å². The molecule has 0 amide bonds. The van der Waals surface area contributed by atoms with Crippen LogP contribution in [0.4, 0.5) is 0 Å². The normalized spacial score (nSPS) is 15.5. The summed E-state index contributed by atoms with van der Waals surface area (Å²) < 4.78 is 1.97. The van der Waals surface area contributed by atoms with Gasteiger partial charge in [-0.3, -0.25) is 14.4 Å². The number of aliphatic carboxylic acids is 1. The molecule has 0 spiro atoms. The van der Waals surface area contributed by atoms with Gasteiger partial charge in [0.25, 0.3) is 0 Å². The van der Waals surface area contributed by atoms with E-state index in [-0.39, 0.29) is 6.42 Å². The van der Waals surface area contributed by atoms with Gasteiger partial charge in [0, 0.05) is 16.0 Å². The predicted octanol–water partition coefficient (Wildman–Crippen LogP) is 4.03. The molecule has 0 aliphatic carbocycles. The van der Waals surface area contributed by atoms with Crippen molar-refractivity contribution in [1.82, 2.24) is 14.8 Å². The minimum atomic E-state index is -0.915. The van der Waals surface area contributed by atoms with Crippen LogP contribution < -0.4 is 5.73 Å². The molecule has 7 nitrogen and oxygen atoms in total. The Hall–Kier alpha value is -3.26. The molecular weight excluding hydrogens is 410 g/mol. The van der Waals surface area contributed by atoms with Crippen LogP contribution in [0.2, 0.25) is 0 Å². The van der Waals surface area contributed by atoms with Crippen LogP contribution in [-0.2, 0) is 11.2 Å². The van der Waals surface area contributed by atoms with Gasteiger partial charge in [-0.05, 0) is 50.9 Å². The fourth-order valence-corrected chi connectivity index (χ4v) is 5.08. The Morgan fingerprint density at radius 2 is 1.97 bits per heavy atom. The first-order valence-corrected chi connectivity index (χ1v) is 11.0. The first kappa shape index (κ1) is 21.0. The quantitative estimate of drug-likeness (QED) is 0.608. The van der Waals surface area contributed by atoms with Crippen LogP contribution in [0.15, 0.2) is 41.5 Å². The zero-order valence-electron chi connectivity index (χ0n) is 17.8. The minimum absolute atomic E-state index is 0.141. The first-order chi connectivity index (χ1) is 14.9. The van der Waals surface area contributed by atoms with Crippen molar-refractivity contribution in [3.8, 4) is 5.00 Å². The number of aliphatic imine (C=N–C) groups is 1. The van der Waals surface area contributed by atoms with E-state index < -0.39 is 12.0 Å². The first-order valence-electron chi connectivity index (χ1n) is 10.2. The van der Waals surface area contributed by atoms with Crippen molar-refractivity contribution in [1.29, 1.82) is 0 Å². The molecule has 4 rings (SSSR count). The van der Waals surface area contributed by atoms with E-state index in [1.807, 2.05) is 17.6 Å². The Morgan fingerprint density at radius 1 is 1.23 bits per heavy atom. The largest absolute Gasteiger partial charge is 0.481 e. The van der Waals surface area contributed by atoms with Crippen molar-refractivity contribution < 1.29 is 9.90 Å². The molecule has 1 aliphatic heterocycles. The minimum Gasteiger partial charge on any atom is -0.481 e. The third kappa shape index (κ3) is 3.90. The average molecular weight is 436 g/mol. The molecule has 8 heteroatoms. The lowest BCUT2D eigenvalue weighted by Gasteiger charge is -2.11. The highest BCUT2D eigenvalue weighted by Crippen LogP contribution is 2.39. The predicted molar refractivity (Wildman–Crippen MR) is 122 cm³/mol. The second kappa shape index (κ2) is 8.47. The molecule has 0 fully saturated rings. The lowest BCUT2D eigenvalue weighted by atomic mass is 9.98. The van der Waals surface area contributed by atoms with Crippen molar-refractivity contribution >= 4 is 23.0 Å². The van der Waals surface area contributed by atoms with Crippen LogP contribution in [0.25, 0.3) is 5.00 Å². The number of hydrogen-bond acceptors (Lipinski definition) is 6. The Kier molecular flexibility index (Phi) is 5.73. The number of allylic oxidation sites excluding steroid dienone is 1. The van der Waals surface area contributed by atoms with Gasteiger partial charge in [0.1, 0.15) is 16.9 Å². The second-order valence-electron chi connectivity index (χ2n) is 7.66. The highest BCUT2D eigenvalue weighted by Gasteiger charge is 2.32. The van der Waals surface area contributed by atoms with E-state index in [2.05, 4.69) is 48.3 Å². The van der Waals surface area contributed by atoms with Crippen molar-refractivity contribution in [3.05, 3.63) is 75.3 Å². The Balaban J connectivity index is 1.86. The number of nitrogens with two attached hydrogens (primary N) is 1. The molecule has 0 radical (unpaired) electrons. The molecule has 31 heavy (non-hydrogen) atoms. The number of thiophene rings is 1. The second-order valence-corrected chi connectivity index (χ2v) is 8.86. The van der Waals surface area contributed by atoms with Gasteiger partial charge in [0.05, 0.1) is 12.1 Å². The van der Waals surface area contributed by atoms with Gasteiger partial charge in [-0.1, -0.05) is 30.3 Å². The lowest BCUT2D eigenvalue weighted by molar-refractivity contribution is -0.137. The molecule has 1 aromatic carbocycles. The summed E-state index contributed by atoms with van der Waals surface area (Å²) in [6.07, 6.45) is 5.17. The summed E-state index contributed by atoms with van der Waals surface area (Å²) in [7, 11) is 0.